The monoisotopic (exact) mass is 592 g/mol. The average molecular weight is 593 g/mol. The smallest absolute Gasteiger partial charge is 0.340 e. The lowest BCUT2D eigenvalue weighted by atomic mass is 10.2. The molecule has 2 unspecified atom stereocenters. The van der Waals surface area contributed by atoms with Gasteiger partial charge in [-0.1, -0.05) is 11.6 Å². The standard InChI is InChI=1S/C21H22ClIN2O6S/c1-13-10-25(11-14(2)31-13)20(26)12-30-21(27)18-9-17(7-8-19(18)22)32(28,29)24-16-5-3-15(23)4-6-16/h3-9,13-14,24H,10-12H2,1-2H3. The van der Waals surface area contributed by atoms with Crippen LogP contribution in [0.4, 0.5) is 5.69 Å². The van der Waals surface area contributed by atoms with Crippen molar-refractivity contribution >= 4 is 61.8 Å². The molecule has 2 aromatic rings. The fraction of sp³-hybridized carbons (Fsp3) is 0.333. The van der Waals surface area contributed by atoms with Crippen LogP contribution in [-0.2, 0) is 24.3 Å². The quantitative estimate of drug-likeness (QED) is 0.407. The highest BCUT2D eigenvalue weighted by molar-refractivity contribution is 14.1. The van der Waals surface area contributed by atoms with E-state index in [-0.39, 0.29) is 33.6 Å². The molecule has 1 saturated heterocycles. The van der Waals surface area contributed by atoms with Gasteiger partial charge in [0.1, 0.15) is 0 Å². The van der Waals surface area contributed by atoms with Gasteiger partial charge in [0, 0.05) is 22.3 Å². The molecule has 8 nitrogen and oxygen atoms in total. The van der Waals surface area contributed by atoms with Crippen LogP contribution in [0.3, 0.4) is 0 Å². The van der Waals surface area contributed by atoms with Gasteiger partial charge in [0.25, 0.3) is 15.9 Å². The Morgan fingerprint density at radius 3 is 2.41 bits per heavy atom. The first-order valence-electron chi connectivity index (χ1n) is 9.73. The molecule has 172 valence electrons. The molecule has 32 heavy (non-hydrogen) atoms. The molecule has 2 aromatic carbocycles. The van der Waals surface area contributed by atoms with Gasteiger partial charge in [-0.05, 0) is 78.9 Å². The van der Waals surface area contributed by atoms with Gasteiger partial charge in [0.15, 0.2) is 6.61 Å². The molecule has 0 spiro atoms. The predicted octanol–water partition coefficient (Wildman–Crippen LogP) is 3.54. The summed E-state index contributed by atoms with van der Waals surface area (Å²) in [6.45, 7) is 4.04. The number of morpholine rings is 1. The minimum absolute atomic E-state index is 0.0179. The number of sulfonamides is 1. The lowest BCUT2D eigenvalue weighted by molar-refractivity contribution is -0.146. The van der Waals surface area contributed by atoms with Gasteiger partial charge in [-0.25, -0.2) is 13.2 Å². The van der Waals surface area contributed by atoms with E-state index in [0.717, 1.165) is 9.64 Å². The second kappa shape index (κ2) is 10.4. The molecular formula is C21H22ClIN2O6S. The Bertz CT molecular complexity index is 1100. The SMILES string of the molecule is CC1CN(C(=O)COC(=O)c2cc(S(=O)(=O)Nc3ccc(I)cc3)ccc2Cl)CC(C)O1. The van der Waals surface area contributed by atoms with Gasteiger partial charge < -0.3 is 14.4 Å². The number of carbonyl (C=O) groups excluding carboxylic acids is 2. The Morgan fingerprint density at radius 1 is 1.16 bits per heavy atom. The molecule has 11 heteroatoms. The summed E-state index contributed by atoms with van der Waals surface area (Å²) in [6, 6.07) is 10.5. The molecular weight excluding hydrogens is 571 g/mol. The van der Waals surface area contributed by atoms with Gasteiger partial charge >= 0.3 is 5.97 Å². The van der Waals surface area contributed by atoms with Crippen LogP contribution in [0.5, 0.6) is 0 Å². The summed E-state index contributed by atoms with van der Waals surface area (Å²) in [6.07, 6.45) is -0.231. The summed E-state index contributed by atoms with van der Waals surface area (Å²) in [5.41, 5.74) is 0.234. The largest absolute Gasteiger partial charge is 0.452 e. The van der Waals surface area contributed by atoms with E-state index in [1.807, 2.05) is 13.8 Å². The van der Waals surface area contributed by atoms with Gasteiger partial charge in [-0.15, -0.1) is 0 Å². The van der Waals surface area contributed by atoms with Crippen LogP contribution in [0.1, 0.15) is 24.2 Å². The van der Waals surface area contributed by atoms with Crippen LogP contribution in [0.2, 0.25) is 5.02 Å². The number of anilines is 1. The molecule has 0 aliphatic carbocycles. The van der Waals surface area contributed by atoms with E-state index >= 15 is 0 Å². The maximum Gasteiger partial charge on any atom is 0.340 e. The number of hydrogen-bond donors (Lipinski definition) is 1. The Kier molecular flexibility index (Phi) is 8.01. The number of amides is 1. The van der Waals surface area contributed by atoms with Gasteiger partial charge in [0.05, 0.1) is 27.7 Å². The lowest BCUT2D eigenvalue weighted by Crippen LogP contribution is -2.49. The molecule has 1 aliphatic rings. The van der Waals surface area contributed by atoms with E-state index in [9.17, 15) is 18.0 Å². The third kappa shape index (κ3) is 6.33. The molecule has 1 aliphatic heterocycles. The summed E-state index contributed by atoms with van der Waals surface area (Å²) in [7, 11) is -3.97. The molecule has 0 saturated carbocycles. The molecule has 2 atom stereocenters. The highest BCUT2D eigenvalue weighted by atomic mass is 127. The van der Waals surface area contributed by atoms with Crippen molar-refractivity contribution in [3.63, 3.8) is 0 Å². The minimum Gasteiger partial charge on any atom is -0.452 e. The second-order valence-electron chi connectivity index (χ2n) is 7.39. The van der Waals surface area contributed by atoms with Crippen LogP contribution in [-0.4, -0.2) is 57.1 Å². The van der Waals surface area contributed by atoms with Crippen LogP contribution in [0.15, 0.2) is 47.4 Å². The van der Waals surface area contributed by atoms with E-state index in [1.165, 1.54) is 12.1 Å². The zero-order valence-corrected chi connectivity index (χ0v) is 21.1. The number of nitrogens with one attached hydrogen (secondary N) is 1. The maximum atomic E-state index is 12.7. The number of nitrogens with zero attached hydrogens (tertiary/aromatic N) is 1. The maximum absolute atomic E-state index is 12.7. The molecule has 1 amide bonds. The molecule has 0 bridgehead atoms. The number of hydrogen-bond acceptors (Lipinski definition) is 6. The normalized spacial score (nSPS) is 18.8. The van der Waals surface area contributed by atoms with Crippen molar-refractivity contribution in [2.24, 2.45) is 0 Å². The summed E-state index contributed by atoms with van der Waals surface area (Å²) in [5.74, 6) is -1.25. The Labute approximate surface area is 205 Å². The molecule has 3 rings (SSSR count). The van der Waals surface area contributed by atoms with Crippen molar-refractivity contribution < 1.29 is 27.5 Å². The topological polar surface area (TPSA) is 102 Å². The first-order valence-corrected chi connectivity index (χ1v) is 12.7. The number of benzene rings is 2. The average Bonchev–Trinajstić information content (AvgIpc) is 2.72. The van der Waals surface area contributed by atoms with Crippen molar-refractivity contribution in [3.05, 3.63) is 56.6 Å². The first kappa shape index (κ1) is 24.7. The molecule has 1 fully saturated rings. The van der Waals surface area contributed by atoms with E-state index in [2.05, 4.69) is 27.3 Å². The number of carbonyl (C=O) groups is 2. The fourth-order valence-electron chi connectivity index (χ4n) is 3.24. The molecule has 0 aromatic heterocycles. The first-order chi connectivity index (χ1) is 15.0. The summed E-state index contributed by atoms with van der Waals surface area (Å²) < 4.78 is 39.6. The number of rotatable bonds is 6. The van der Waals surface area contributed by atoms with Gasteiger partial charge in [-0.3, -0.25) is 9.52 Å². The second-order valence-corrected chi connectivity index (χ2v) is 10.7. The van der Waals surface area contributed by atoms with Crippen molar-refractivity contribution in [3.8, 4) is 0 Å². The van der Waals surface area contributed by atoms with Crippen molar-refractivity contribution in [1.82, 2.24) is 4.90 Å². The highest BCUT2D eigenvalue weighted by Gasteiger charge is 2.27. The van der Waals surface area contributed by atoms with Crippen LogP contribution in [0.25, 0.3) is 0 Å². The third-order valence-electron chi connectivity index (χ3n) is 4.66. The third-order valence-corrected chi connectivity index (χ3v) is 7.09. The Morgan fingerprint density at radius 2 is 1.78 bits per heavy atom. The fourth-order valence-corrected chi connectivity index (χ4v) is 4.88. The number of esters is 1. The molecule has 1 N–H and O–H groups in total. The van der Waals surface area contributed by atoms with E-state index in [4.69, 9.17) is 21.1 Å². The summed E-state index contributed by atoms with van der Waals surface area (Å²) in [5, 5.41) is 0.0179. The predicted molar refractivity (Wildman–Crippen MR) is 128 cm³/mol. The number of halogens is 2. The van der Waals surface area contributed by atoms with Crippen molar-refractivity contribution in [2.45, 2.75) is 31.0 Å². The van der Waals surface area contributed by atoms with Gasteiger partial charge in [-0.2, -0.15) is 0 Å². The van der Waals surface area contributed by atoms with Crippen LogP contribution < -0.4 is 4.72 Å². The molecule has 1 heterocycles. The van der Waals surface area contributed by atoms with Crippen molar-refractivity contribution in [1.29, 1.82) is 0 Å². The minimum atomic E-state index is -3.97. The zero-order chi connectivity index (χ0) is 23.5. The van der Waals surface area contributed by atoms with E-state index in [0.29, 0.717) is 18.8 Å². The van der Waals surface area contributed by atoms with Crippen LogP contribution in [0, 0.1) is 3.57 Å². The highest BCUT2D eigenvalue weighted by Crippen LogP contribution is 2.24. The summed E-state index contributed by atoms with van der Waals surface area (Å²) >= 11 is 8.20. The lowest BCUT2D eigenvalue weighted by Gasteiger charge is -2.35. The molecule has 0 radical (unpaired) electrons. The van der Waals surface area contributed by atoms with Crippen molar-refractivity contribution in [2.75, 3.05) is 24.4 Å². The summed E-state index contributed by atoms with van der Waals surface area (Å²) in [4.78, 5) is 26.4. The Balaban J connectivity index is 1.70. The van der Waals surface area contributed by atoms with Gasteiger partial charge in [0.2, 0.25) is 0 Å². The van der Waals surface area contributed by atoms with E-state index in [1.54, 1.807) is 29.2 Å². The zero-order valence-electron chi connectivity index (χ0n) is 17.4. The van der Waals surface area contributed by atoms with Crippen LogP contribution >= 0.6 is 34.2 Å². The van der Waals surface area contributed by atoms with E-state index < -0.39 is 22.6 Å². The Hall–Kier alpha value is -1.89. The number of ether oxygens (including phenoxy) is 2.